The number of methoxy groups -OCH3 is 2. The van der Waals surface area contributed by atoms with E-state index in [-0.39, 0.29) is 37.6 Å². The van der Waals surface area contributed by atoms with Gasteiger partial charge in [0.05, 0.1) is 24.4 Å². The molecule has 0 radical (unpaired) electrons. The lowest BCUT2D eigenvalue weighted by Gasteiger charge is -2.30. The van der Waals surface area contributed by atoms with Gasteiger partial charge in [0.2, 0.25) is 0 Å². The fourth-order valence-electron chi connectivity index (χ4n) is 6.28. The Morgan fingerprint density at radius 3 is 1.92 bits per heavy atom. The number of unbranched alkanes of at least 4 members (excludes halogenated alkanes) is 2. The Hall–Kier alpha value is -4.20. The summed E-state index contributed by atoms with van der Waals surface area (Å²) in [7, 11) is 3.03. The van der Waals surface area contributed by atoms with Gasteiger partial charge in [-0.15, -0.1) is 0 Å². The molecule has 0 amide bonds. The fraction of sp³-hybridized carbons (Fsp3) is 0.415. The summed E-state index contributed by atoms with van der Waals surface area (Å²) in [5.41, 5.74) is 6.30. The molecule has 0 spiro atoms. The molecule has 4 rings (SSSR count). The fourth-order valence-corrected chi connectivity index (χ4v) is 6.28. The number of benzene rings is 3. The highest BCUT2D eigenvalue weighted by Crippen LogP contribution is 2.43. The molecule has 1 saturated carbocycles. The van der Waals surface area contributed by atoms with Crippen molar-refractivity contribution in [2.75, 3.05) is 40.6 Å². The third-order valence-corrected chi connectivity index (χ3v) is 8.92. The molecule has 0 unspecified atom stereocenters. The van der Waals surface area contributed by atoms with E-state index in [2.05, 4.69) is 56.5 Å². The van der Waals surface area contributed by atoms with E-state index in [0.717, 1.165) is 28.4 Å². The van der Waals surface area contributed by atoms with E-state index in [0.29, 0.717) is 11.7 Å². The molecule has 256 valence electrons. The lowest BCUT2D eigenvalue weighted by molar-refractivity contribution is -0.140. The molecule has 7 heteroatoms. The first-order valence-corrected chi connectivity index (χ1v) is 17.0. The van der Waals surface area contributed by atoms with Crippen LogP contribution in [0.4, 0.5) is 0 Å². The molecule has 3 aromatic carbocycles. The number of rotatable bonds is 18. The number of ether oxygens (including phenoxy) is 5. The van der Waals surface area contributed by atoms with Gasteiger partial charge in [0.15, 0.2) is 0 Å². The summed E-state index contributed by atoms with van der Waals surface area (Å²) in [6, 6.07) is 22.4. The van der Waals surface area contributed by atoms with Gasteiger partial charge >= 0.3 is 11.9 Å². The molecule has 0 N–H and O–H groups in total. The molecule has 1 aliphatic carbocycles. The Balaban J connectivity index is 1.47. The van der Waals surface area contributed by atoms with Crippen LogP contribution in [-0.2, 0) is 23.8 Å². The van der Waals surface area contributed by atoms with Crippen molar-refractivity contribution in [3.05, 3.63) is 96.6 Å². The van der Waals surface area contributed by atoms with Gasteiger partial charge in [-0.1, -0.05) is 88.2 Å². The quantitative estimate of drug-likeness (QED) is 0.0586. The molecule has 0 atom stereocenters. The summed E-state index contributed by atoms with van der Waals surface area (Å²) in [6.07, 6.45) is 10.1. The molecule has 3 aromatic rings. The predicted octanol–water partition coefficient (Wildman–Crippen LogP) is 9.11. The molecule has 0 bridgehead atoms. The van der Waals surface area contributed by atoms with Crippen LogP contribution in [0.2, 0.25) is 0 Å². The minimum atomic E-state index is -0.501. The highest BCUT2D eigenvalue weighted by Gasteiger charge is 2.25. The second kappa shape index (κ2) is 19.0. The largest absolute Gasteiger partial charge is 0.490 e. The molecular weight excluding hydrogens is 604 g/mol. The SMILES string of the molecule is C=C(COC)C(=O)OCCOc1ccc(-c2ccc(-c3ccc(OC(=O)C(=C)COC)cc3)cc2)c(C2CCC(CCCCC)CC2)c1. The molecule has 48 heavy (non-hydrogen) atoms. The van der Waals surface area contributed by atoms with Gasteiger partial charge in [0, 0.05) is 14.2 Å². The van der Waals surface area contributed by atoms with E-state index in [1.165, 1.54) is 76.7 Å². The first-order valence-electron chi connectivity index (χ1n) is 17.0. The van der Waals surface area contributed by atoms with Crippen LogP contribution in [0, 0.1) is 5.92 Å². The van der Waals surface area contributed by atoms with Crippen LogP contribution >= 0.6 is 0 Å². The van der Waals surface area contributed by atoms with Gasteiger partial charge in [-0.3, -0.25) is 0 Å². The highest BCUT2D eigenvalue weighted by atomic mass is 16.6. The normalized spacial score (nSPS) is 15.8. The van der Waals surface area contributed by atoms with Crippen LogP contribution in [0.1, 0.15) is 69.8 Å². The lowest BCUT2D eigenvalue weighted by Crippen LogP contribution is -2.16. The van der Waals surface area contributed by atoms with E-state index < -0.39 is 11.9 Å². The van der Waals surface area contributed by atoms with E-state index in [4.69, 9.17) is 23.7 Å². The number of carbonyl (C=O) groups excluding carboxylic acids is 2. The molecule has 0 aromatic heterocycles. The Kier molecular flexibility index (Phi) is 14.5. The van der Waals surface area contributed by atoms with Crippen molar-refractivity contribution in [1.29, 1.82) is 0 Å². The van der Waals surface area contributed by atoms with Gasteiger partial charge in [0.1, 0.15) is 24.7 Å². The topological polar surface area (TPSA) is 80.3 Å². The molecule has 0 heterocycles. The first kappa shape index (κ1) is 36.6. The summed E-state index contributed by atoms with van der Waals surface area (Å²) >= 11 is 0. The summed E-state index contributed by atoms with van der Waals surface area (Å²) in [5.74, 6) is 1.53. The van der Waals surface area contributed by atoms with E-state index in [1.54, 1.807) is 12.1 Å². The monoisotopic (exact) mass is 654 g/mol. The maximum atomic E-state index is 12.2. The molecule has 0 aliphatic heterocycles. The van der Waals surface area contributed by atoms with Crippen molar-refractivity contribution in [2.45, 2.75) is 64.2 Å². The van der Waals surface area contributed by atoms with Crippen molar-refractivity contribution in [1.82, 2.24) is 0 Å². The molecule has 7 nitrogen and oxygen atoms in total. The van der Waals surface area contributed by atoms with Crippen LogP contribution in [0.15, 0.2) is 91.0 Å². The van der Waals surface area contributed by atoms with E-state index >= 15 is 0 Å². The van der Waals surface area contributed by atoms with Gasteiger partial charge in [-0.25, -0.2) is 9.59 Å². The standard InChI is InChI=1S/C41H50O7/c1-6-7-8-9-31-10-12-35(13-11-31)39-26-37(46-24-25-47-40(42)29(2)27-44-4)22-23-38(39)34-16-14-32(15-17-34)33-18-20-36(21-19-33)48-41(43)30(3)28-45-5/h14-23,26,31,35H,2-3,6-13,24-25,27-28H2,1,4-5H3. The van der Waals surface area contributed by atoms with Gasteiger partial charge in [-0.05, 0) is 89.6 Å². The second-order valence-electron chi connectivity index (χ2n) is 12.5. The van der Waals surface area contributed by atoms with Crippen LogP contribution in [0.5, 0.6) is 11.5 Å². The minimum Gasteiger partial charge on any atom is -0.490 e. The number of carbonyl (C=O) groups is 2. The van der Waals surface area contributed by atoms with Crippen molar-refractivity contribution in [2.24, 2.45) is 5.92 Å². The smallest absolute Gasteiger partial charge is 0.341 e. The second-order valence-corrected chi connectivity index (χ2v) is 12.5. The maximum absolute atomic E-state index is 12.2. The summed E-state index contributed by atoms with van der Waals surface area (Å²) in [5, 5.41) is 0. The van der Waals surface area contributed by atoms with Crippen molar-refractivity contribution >= 4 is 11.9 Å². The number of hydrogen-bond acceptors (Lipinski definition) is 7. The molecule has 1 fully saturated rings. The molecule has 1 aliphatic rings. The minimum absolute atomic E-state index is 0.130. The Morgan fingerprint density at radius 1 is 0.708 bits per heavy atom. The zero-order chi connectivity index (χ0) is 34.3. The third-order valence-electron chi connectivity index (χ3n) is 8.92. The van der Waals surface area contributed by atoms with E-state index in [9.17, 15) is 9.59 Å². The third kappa shape index (κ3) is 10.7. The molecule has 0 saturated heterocycles. The van der Waals surface area contributed by atoms with Crippen molar-refractivity contribution < 1.29 is 33.3 Å². The summed E-state index contributed by atoms with van der Waals surface area (Å²) < 4.78 is 26.7. The Morgan fingerprint density at radius 2 is 1.29 bits per heavy atom. The zero-order valence-corrected chi connectivity index (χ0v) is 28.8. The Labute approximate surface area is 285 Å². The first-order chi connectivity index (χ1) is 23.3. The van der Waals surface area contributed by atoms with E-state index in [1.807, 2.05) is 18.2 Å². The predicted molar refractivity (Wildman–Crippen MR) is 190 cm³/mol. The van der Waals surface area contributed by atoms with Crippen LogP contribution < -0.4 is 9.47 Å². The maximum Gasteiger partial charge on any atom is 0.341 e. The number of hydrogen-bond donors (Lipinski definition) is 0. The lowest BCUT2D eigenvalue weighted by atomic mass is 9.75. The van der Waals surface area contributed by atoms with Gasteiger partial charge < -0.3 is 23.7 Å². The highest BCUT2D eigenvalue weighted by molar-refractivity contribution is 5.90. The average Bonchev–Trinajstić information content (AvgIpc) is 3.11. The number of esters is 2. The van der Waals surface area contributed by atoms with Crippen LogP contribution in [0.3, 0.4) is 0 Å². The average molecular weight is 655 g/mol. The van der Waals surface area contributed by atoms with Crippen LogP contribution in [0.25, 0.3) is 22.3 Å². The van der Waals surface area contributed by atoms with Crippen molar-refractivity contribution in [3.8, 4) is 33.8 Å². The summed E-state index contributed by atoms with van der Waals surface area (Å²) in [4.78, 5) is 24.2. The Bertz CT molecular complexity index is 1500. The van der Waals surface area contributed by atoms with Crippen molar-refractivity contribution in [3.63, 3.8) is 0 Å². The zero-order valence-electron chi connectivity index (χ0n) is 28.8. The van der Waals surface area contributed by atoms with Gasteiger partial charge in [-0.2, -0.15) is 0 Å². The summed E-state index contributed by atoms with van der Waals surface area (Å²) in [6.45, 7) is 10.3. The molecular formula is C41H50O7. The van der Waals surface area contributed by atoms with Crippen LogP contribution in [-0.4, -0.2) is 52.6 Å². The van der Waals surface area contributed by atoms with Gasteiger partial charge in [0.25, 0.3) is 0 Å².